The van der Waals surface area contributed by atoms with E-state index in [1.54, 1.807) is 12.1 Å². The summed E-state index contributed by atoms with van der Waals surface area (Å²) < 4.78 is 0. The van der Waals surface area contributed by atoms with E-state index in [0.29, 0.717) is 31.0 Å². The maximum absolute atomic E-state index is 12.0. The summed E-state index contributed by atoms with van der Waals surface area (Å²) in [7, 11) is 0. The second-order valence-corrected chi connectivity index (χ2v) is 6.56. The Kier molecular flexibility index (Phi) is 7.20. The third-order valence-corrected chi connectivity index (χ3v) is 3.86. The first kappa shape index (κ1) is 18.7. The summed E-state index contributed by atoms with van der Waals surface area (Å²) in [6.07, 6.45) is 1.21. The number of hydrogen-bond acceptors (Lipinski definition) is 2. The van der Waals surface area contributed by atoms with Crippen molar-refractivity contribution in [3.63, 3.8) is 0 Å². The average Bonchev–Trinajstić information content (AvgIpc) is 2.64. The van der Waals surface area contributed by atoms with Gasteiger partial charge in [-0.25, -0.2) is 0 Å². The van der Waals surface area contributed by atoms with E-state index in [2.05, 4.69) is 24.5 Å². The summed E-state index contributed by atoms with van der Waals surface area (Å²) in [6, 6.07) is 17.3. The SMILES string of the molecule is CC(C)CNC(=O)c1ccc(CNC(=O)CCc2ccccc2)cc1. The van der Waals surface area contributed by atoms with Crippen molar-refractivity contribution < 1.29 is 9.59 Å². The van der Waals surface area contributed by atoms with E-state index in [4.69, 9.17) is 0 Å². The van der Waals surface area contributed by atoms with Crippen LogP contribution in [0.5, 0.6) is 0 Å². The van der Waals surface area contributed by atoms with Crippen LogP contribution in [-0.4, -0.2) is 18.4 Å². The van der Waals surface area contributed by atoms with Crippen molar-refractivity contribution in [2.24, 2.45) is 5.92 Å². The second kappa shape index (κ2) is 9.62. The third-order valence-electron chi connectivity index (χ3n) is 3.86. The third kappa shape index (κ3) is 6.79. The molecule has 0 saturated heterocycles. The normalized spacial score (nSPS) is 10.5. The Morgan fingerprint density at radius 2 is 1.56 bits per heavy atom. The minimum Gasteiger partial charge on any atom is -0.352 e. The predicted octanol–water partition coefficient (Wildman–Crippen LogP) is 3.32. The Morgan fingerprint density at radius 1 is 0.880 bits per heavy atom. The summed E-state index contributed by atoms with van der Waals surface area (Å²) in [5.74, 6) is 0.393. The van der Waals surface area contributed by atoms with E-state index in [9.17, 15) is 9.59 Å². The Balaban J connectivity index is 1.75. The van der Waals surface area contributed by atoms with E-state index in [1.807, 2.05) is 42.5 Å². The molecule has 0 aliphatic heterocycles. The molecule has 2 aromatic carbocycles. The molecule has 0 aliphatic rings. The molecule has 0 heterocycles. The Labute approximate surface area is 149 Å². The zero-order valence-corrected chi connectivity index (χ0v) is 14.9. The molecule has 0 unspecified atom stereocenters. The van der Waals surface area contributed by atoms with Crippen LogP contribution in [-0.2, 0) is 17.8 Å². The molecule has 4 nitrogen and oxygen atoms in total. The van der Waals surface area contributed by atoms with E-state index in [1.165, 1.54) is 0 Å². The Bertz CT molecular complexity index is 679. The quantitative estimate of drug-likeness (QED) is 0.776. The van der Waals surface area contributed by atoms with E-state index in [0.717, 1.165) is 17.5 Å². The summed E-state index contributed by atoms with van der Waals surface area (Å²) >= 11 is 0. The maximum Gasteiger partial charge on any atom is 0.251 e. The molecule has 0 radical (unpaired) electrons. The van der Waals surface area contributed by atoms with Crippen LogP contribution in [0.4, 0.5) is 0 Å². The zero-order valence-electron chi connectivity index (χ0n) is 14.9. The van der Waals surface area contributed by atoms with Gasteiger partial charge >= 0.3 is 0 Å². The number of carbonyl (C=O) groups is 2. The molecule has 0 atom stereocenters. The van der Waals surface area contributed by atoms with Crippen molar-refractivity contribution >= 4 is 11.8 Å². The molecule has 0 saturated carbocycles. The Hall–Kier alpha value is -2.62. The van der Waals surface area contributed by atoms with Crippen molar-refractivity contribution in [1.82, 2.24) is 10.6 Å². The molecule has 2 N–H and O–H groups in total. The number of benzene rings is 2. The molecule has 4 heteroatoms. The predicted molar refractivity (Wildman–Crippen MR) is 100 cm³/mol. The molecule has 0 spiro atoms. The first-order valence-corrected chi connectivity index (χ1v) is 8.72. The molecule has 25 heavy (non-hydrogen) atoms. The highest BCUT2D eigenvalue weighted by Crippen LogP contribution is 2.06. The molecule has 0 fully saturated rings. The smallest absolute Gasteiger partial charge is 0.251 e. The van der Waals surface area contributed by atoms with Gasteiger partial charge in [-0.3, -0.25) is 9.59 Å². The summed E-state index contributed by atoms with van der Waals surface area (Å²) in [6.45, 7) is 5.26. The van der Waals surface area contributed by atoms with Gasteiger partial charge in [-0.1, -0.05) is 56.3 Å². The lowest BCUT2D eigenvalue weighted by molar-refractivity contribution is -0.121. The van der Waals surface area contributed by atoms with Crippen LogP contribution in [0.25, 0.3) is 0 Å². The molecular weight excluding hydrogens is 312 g/mol. The van der Waals surface area contributed by atoms with Crippen LogP contribution in [0.3, 0.4) is 0 Å². The molecule has 132 valence electrons. The van der Waals surface area contributed by atoms with Crippen molar-refractivity contribution in [1.29, 1.82) is 0 Å². The van der Waals surface area contributed by atoms with Gasteiger partial charge in [-0.05, 0) is 35.6 Å². The summed E-state index contributed by atoms with van der Waals surface area (Å²) in [5.41, 5.74) is 2.78. The lowest BCUT2D eigenvalue weighted by atomic mass is 10.1. The highest BCUT2D eigenvalue weighted by atomic mass is 16.2. The number of amides is 2. The van der Waals surface area contributed by atoms with Gasteiger partial charge in [-0.15, -0.1) is 0 Å². The van der Waals surface area contributed by atoms with Gasteiger partial charge in [0.25, 0.3) is 5.91 Å². The minimum atomic E-state index is -0.0628. The molecule has 0 bridgehead atoms. The van der Waals surface area contributed by atoms with Crippen LogP contribution in [0.1, 0.15) is 41.8 Å². The molecule has 2 aromatic rings. The zero-order chi connectivity index (χ0) is 18.1. The van der Waals surface area contributed by atoms with Crippen LogP contribution in [0.15, 0.2) is 54.6 Å². The monoisotopic (exact) mass is 338 g/mol. The largest absolute Gasteiger partial charge is 0.352 e. The van der Waals surface area contributed by atoms with Crippen molar-refractivity contribution in [3.05, 3.63) is 71.3 Å². The van der Waals surface area contributed by atoms with Gasteiger partial charge in [0.2, 0.25) is 5.91 Å². The van der Waals surface area contributed by atoms with Gasteiger partial charge in [-0.2, -0.15) is 0 Å². The van der Waals surface area contributed by atoms with Crippen LogP contribution >= 0.6 is 0 Å². The first-order chi connectivity index (χ1) is 12.0. The van der Waals surface area contributed by atoms with Gasteiger partial charge in [0.05, 0.1) is 0 Å². The molecule has 0 aliphatic carbocycles. The topological polar surface area (TPSA) is 58.2 Å². The second-order valence-electron chi connectivity index (χ2n) is 6.56. The summed E-state index contributed by atoms with van der Waals surface area (Å²) in [4.78, 5) is 23.9. The molecule has 2 rings (SSSR count). The highest BCUT2D eigenvalue weighted by molar-refractivity contribution is 5.94. The average molecular weight is 338 g/mol. The van der Waals surface area contributed by atoms with Crippen molar-refractivity contribution in [3.8, 4) is 0 Å². The van der Waals surface area contributed by atoms with E-state index >= 15 is 0 Å². The molecular formula is C21H26N2O2. The number of hydrogen-bond donors (Lipinski definition) is 2. The minimum absolute atomic E-state index is 0.0302. The number of rotatable bonds is 8. The van der Waals surface area contributed by atoms with Crippen LogP contribution in [0, 0.1) is 5.92 Å². The van der Waals surface area contributed by atoms with Crippen LogP contribution < -0.4 is 10.6 Å². The fourth-order valence-electron chi connectivity index (χ4n) is 2.36. The maximum atomic E-state index is 12.0. The number of aryl methyl sites for hydroxylation is 1. The molecule has 2 amide bonds. The lowest BCUT2D eigenvalue weighted by Gasteiger charge is -2.09. The van der Waals surface area contributed by atoms with Crippen LogP contribution in [0.2, 0.25) is 0 Å². The van der Waals surface area contributed by atoms with Gasteiger partial charge in [0.1, 0.15) is 0 Å². The standard InChI is InChI=1S/C21H26N2O2/c1-16(2)14-23-21(25)19-11-8-18(9-12-19)15-22-20(24)13-10-17-6-4-3-5-7-17/h3-9,11-12,16H,10,13-15H2,1-2H3,(H,22,24)(H,23,25). The summed E-state index contributed by atoms with van der Waals surface area (Å²) in [5, 5.41) is 5.81. The van der Waals surface area contributed by atoms with E-state index in [-0.39, 0.29) is 11.8 Å². The van der Waals surface area contributed by atoms with Gasteiger partial charge < -0.3 is 10.6 Å². The number of carbonyl (C=O) groups excluding carboxylic acids is 2. The number of nitrogens with one attached hydrogen (secondary N) is 2. The fraction of sp³-hybridized carbons (Fsp3) is 0.333. The van der Waals surface area contributed by atoms with Crippen molar-refractivity contribution in [2.45, 2.75) is 33.2 Å². The van der Waals surface area contributed by atoms with E-state index < -0.39 is 0 Å². The highest BCUT2D eigenvalue weighted by Gasteiger charge is 2.06. The van der Waals surface area contributed by atoms with Gasteiger partial charge in [0.15, 0.2) is 0 Å². The van der Waals surface area contributed by atoms with Crippen molar-refractivity contribution in [2.75, 3.05) is 6.54 Å². The lowest BCUT2D eigenvalue weighted by Crippen LogP contribution is -2.27. The Morgan fingerprint density at radius 3 is 2.20 bits per heavy atom. The molecule has 0 aromatic heterocycles. The van der Waals surface area contributed by atoms with Gasteiger partial charge in [0, 0.05) is 25.1 Å². The fourth-order valence-corrected chi connectivity index (χ4v) is 2.36. The first-order valence-electron chi connectivity index (χ1n) is 8.72.